The Bertz CT molecular complexity index is 1440. The van der Waals surface area contributed by atoms with E-state index >= 15 is 0 Å². The van der Waals surface area contributed by atoms with Crippen LogP contribution in [0.1, 0.15) is 39.8 Å². The molecular weight excluding hydrogens is 490 g/mol. The van der Waals surface area contributed by atoms with E-state index in [2.05, 4.69) is 13.0 Å². The van der Waals surface area contributed by atoms with Gasteiger partial charge in [-0.3, -0.25) is 9.59 Å². The average molecular weight is 520 g/mol. The zero-order valence-electron chi connectivity index (χ0n) is 21.2. The molecule has 37 heavy (non-hydrogen) atoms. The van der Waals surface area contributed by atoms with E-state index < -0.39 is 5.92 Å². The highest BCUT2D eigenvalue weighted by Gasteiger charge is 2.23. The molecule has 2 heterocycles. The lowest BCUT2D eigenvalue weighted by molar-refractivity contribution is 0.0859. The fraction of sp³-hybridized carbons (Fsp3) is 0.276. The summed E-state index contributed by atoms with van der Waals surface area (Å²) in [4.78, 5) is 31.0. The molecule has 0 bridgehead atoms. The third kappa shape index (κ3) is 5.50. The van der Waals surface area contributed by atoms with Gasteiger partial charge in [0, 0.05) is 38.9 Å². The first-order chi connectivity index (χ1) is 17.9. The molecule has 192 valence electrons. The summed E-state index contributed by atoms with van der Waals surface area (Å²) in [6.45, 7) is 3.78. The van der Waals surface area contributed by atoms with Gasteiger partial charge in [0.25, 0.3) is 0 Å². The summed E-state index contributed by atoms with van der Waals surface area (Å²) in [5.74, 6) is 0.404. The molecule has 7 nitrogen and oxygen atoms in total. The number of Topliss-reactive ketones (excluding diaryl/α,β-unsaturated/α-hetero) is 2. The molecule has 0 spiro atoms. The lowest BCUT2D eigenvalue weighted by atomic mass is 9.94. The largest absolute Gasteiger partial charge is 0.494 e. The van der Waals surface area contributed by atoms with Crippen LogP contribution in [-0.4, -0.2) is 49.1 Å². The van der Waals surface area contributed by atoms with Gasteiger partial charge in [0.2, 0.25) is 0 Å². The first kappa shape index (κ1) is 26.3. The van der Waals surface area contributed by atoms with Gasteiger partial charge >= 0.3 is 0 Å². The number of aliphatic hydroxyl groups excluding tert-OH is 1. The second-order valence-corrected chi connectivity index (χ2v) is 9.56. The van der Waals surface area contributed by atoms with E-state index in [0.717, 1.165) is 10.9 Å². The quantitative estimate of drug-likeness (QED) is 0.252. The van der Waals surface area contributed by atoms with Crippen molar-refractivity contribution in [2.45, 2.75) is 20.3 Å². The van der Waals surface area contributed by atoms with Crippen molar-refractivity contribution in [1.82, 2.24) is 4.98 Å². The van der Waals surface area contributed by atoms with E-state index in [1.807, 2.05) is 17.5 Å². The van der Waals surface area contributed by atoms with Crippen molar-refractivity contribution in [3.8, 4) is 28.5 Å². The van der Waals surface area contributed by atoms with Gasteiger partial charge in [-0.25, -0.2) is 4.98 Å². The molecule has 4 rings (SSSR count). The number of aliphatic hydroxyl groups is 1. The minimum Gasteiger partial charge on any atom is -0.494 e. The molecule has 0 amide bonds. The van der Waals surface area contributed by atoms with Crippen LogP contribution >= 0.6 is 11.3 Å². The molecule has 1 atom stereocenters. The van der Waals surface area contributed by atoms with Gasteiger partial charge in [0.05, 0.1) is 20.8 Å². The van der Waals surface area contributed by atoms with Crippen LogP contribution in [-0.2, 0) is 0 Å². The summed E-state index contributed by atoms with van der Waals surface area (Å²) >= 11 is 1.63. The molecule has 8 heteroatoms. The summed E-state index contributed by atoms with van der Waals surface area (Å²) in [6, 6.07) is 14.3. The van der Waals surface area contributed by atoms with Gasteiger partial charge in [-0.2, -0.15) is 0 Å². The number of pyridine rings is 1. The maximum absolute atomic E-state index is 13.3. The molecular formula is C29H29NO6S. The molecule has 1 unspecified atom stereocenters. The normalized spacial score (nSPS) is 11.8. The number of methoxy groups -OCH3 is 2. The number of ether oxygens (including phenoxy) is 3. The summed E-state index contributed by atoms with van der Waals surface area (Å²) < 4.78 is 17.5. The smallest absolute Gasteiger partial charge is 0.184 e. The van der Waals surface area contributed by atoms with Gasteiger partial charge in [0.15, 0.2) is 23.1 Å². The summed E-state index contributed by atoms with van der Waals surface area (Å²) in [7, 11) is 3.06. The Morgan fingerprint density at radius 2 is 1.78 bits per heavy atom. The van der Waals surface area contributed by atoms with Crippen LogP contribution in [0, 0.1) is 12.8 Å². The molecule has 2 aromatic carbocycles. The Labute approximate surface area is 219 Å². The van der Waals surface area contributed by atoms with Crippen LogP contribution in [0.3, 0.4) is 0 Å². The van der Waals surface area contributed by atoms with Crippen LogP contribution in [0.2, 0.25) is 0 Å². The zero-order chi connectivity index (χ0) is 26.5. The highest BCUT2D eigenvalue weighted by molar-refractivity contribution is 7.18. The van der Waals surface area contributed by atoms with Crippen LogP contribution in [0.4, 0.5) is 0 Å². The van der Waals surface area contributed by atoms with Gasteiger partial charge in [-0.1, -0.05) is 25.1 Å². The third-order valence-electron chi connectivity index (χ3n) is 6.16. The lowest BCUT2D eigenvalue weighted by Gasteiger charge is -2.14. The van der Waals surface area contributed by atoms with E-state index in [1.165, 1.54) is 17.4 Å². The maximum atomic E-state index is 13.3. The molecule has 0 saturated carbocycles. The van der Waals surface area contributed by atoms with E-state index in [-0.39, 0.29) is 36.9 Å². The zero-order valence-corrected chi connectivity index (χ0v) is 22.1. The van der Waals surface area contributed by atoms with Crippen LogP contribution in [0.25, 0.3) is 21.3 Å². The van der Waals surface area contributed by atoms with Crippen molar-refractivity contribution in [2.75, 3.05) is 27.4 Å². The van der Waals surface area contributed by atoms with Crippen LogP contribution < -0.4 is 14.2 Å². The molecule has 2 aromatic heterocycles. The second kappa shape index (κ2) is 11.5. The molecule has 0 saturated heterocycles. The molecule has 0 aliphatic carbocycles. The summed E-state index contributed by atoms with van der Waals surface area (Å²) in [5, 5.41) is 12.1. The van der Waals surface area contributed by atoms with Crippen molar-refractivity contribution >= 4 is 33.0 Å². The highest BCUT2D eigenvalue weighted by Crippen LogP contribution is 2.39. The van der Waals surface area contributed by atoms with Gasteiger partial charge in [-0.05, 0) is 42.8 Å². The summed E-state index contributed by atoms with van der Waals surface area (Å²) in [5.41, 5.74) is 3.39. The first-order valence-corrected chi connectivity index (χ1v) is 12.8. The molecule has 0 aliphatic heterocycles. The number of benzene rings is 2. The predicted molar refractivity (Wildman–Crippen MR) is 144 cm³/mol. The van der Waals surface area contributed by atoms with Gasteiger partial charge in [-0.15, -0.1) is 11.3 Å². The number of hydrogen-bond acceptors (Lipinski definition) is 8. The van der Waals surface area contributed by atoms with Crippen molar-refractivity contribution in [3.05, 3.63) is 70.7 Å². The Morgan fingerprint density at radius 3 is 2.51 bits per heavy atom. The number of rotatable bonds is 11. The number of thiophene rings is 1. The van der Waals surface area contributed by atoms with E-state index in [4.69, 9.17) is 24.3 Å². The van der Waals surface area contributed by atoms with Crippen LogP contribution in [0.5, 0.6) is 17.2 Å². The minimum atomic E-state index is -0.584. The molecule has 0 aliphatic rings. The highest BCUT2D eigenvalue weighted by atomic mass is 32.1. The Hall–Kier alpha value is -3.75. The predicted octanol–water partition coefficient (Wildman–Crippen LogP) is 5.75. The van der Waals surface area contributed by atoms with Crippen molar-refractivity contribution in [3.63, 3.8) is 0 Å². The number of aromatic nitrogens is 1. The maximum Gasteiger partial charge on any atom is 0.184 e. The van der Waals surface area contributed by atoms with Crippen molar-refractivity contribution < 1.29 is 28.9 Å². The lowest BCUT2D eigenvalue weighted by Crippen LogP contribution is -2.17. The van der Waals surface area contributed by atoms with Crippen molar-refractivity contribution in [2.24, 2.45) is 5.92 Å². The van der Waals surface area contributed by atoms with Crippen molar-refractivity contribution in [1.29, 1.82) is 0 Å². The van der Waals surface area contributed by atoms with Gasteiger partial charge < -0.3 is 19.3 Å². The third-order valence-corrected chi connectivity index (χ3v) is 7.29. The average Bonchev–Trinajstić information content (AvgIpc) is 3.36. The number of ketones is 2. The van der Waals surface area contributed by atoms with Gasteiger partial charge in [0.1, 0.15) is 23.7 Å². The fourth-order valence-electron chi connectivity index (χ4n) is 4.18. The Morgan fingerprint density at radius 1 is 1.03 bits per heavy atom. The number of aryl methyl sites for hydroxylation is 1. The number of fused-ring (bicyclic) bond motifs is 1. The van der Waals surface area contributed by atoms with E-state index in [0.29, 0.717) is 28.5 Å². The fourth-order valence-corrected chi connectivity index (χ4v) is 5.22. The Kier molecular flexibility index (Phi) is 8.21. The number of carbonyl (C=O) groups excluding carboxylic acids is 2. The first-order valence-electron chi connectivity index (χ1n) is 11.9. The molecule has 0 fully saturated rings. The number of nitrogens with zero attached hydrogens (tertiary/aromatic N) is 1. The number of hydrogen-bond donors (Lipinski definition) is 1. The second-order valence-electron chi connectivity index (χ2n) is 8.68. The molecule has 0 radical (unpaired) electrons. The summed E-state index contributed by atoms with van der Waals surface area (Å²) in [6.07, 6.45) is 0.0163. The SMILES string of the molecule is COc1cc(C(=O)CC(C)C(=O)c2ccc(OC)c(-c3csc4c(C)cccc34)n2)ccc1OCCO. The Balaban J connectivity index is 1.57. The standard InChI is InChI=1S/C29H29NO6S/c1-17-6-5-7-20-21(16-37-29(17)20)27-25(34-3)11-9-22(30-27)28(33)18(2)14-23(32)19-8-10-24(36-13-12-31)26(15-19)35-4/h5-11,15-16,18,31H,12-14H2,1-4H3. The van der Waals surface area contributed by atoms with E-state index in [9.17, 15) is 9.59 Å². The topological polar surface area (TPSA) is 95.0 Å². The van der Waals surface area contributed by atoms with Crippen LogP contribution in [0.15, 0.2) is 53.9 Å². The minimum absolute atomic E-state index is 0.0163. The van der Waals surface area contributed by atoms with E-state index in [1.54, 1.807) is 55.7 Å². The monoisotopic (exact) mass is 519 g/mol. The molecule has 1 N–H and O–H groups in total. The number of carbonyl (C=O) groups is 2. The molecule has 4 aromatic rings.